The number of nitrogens with zero attached hydrogens (tertiary/aromatic N) is 1. The van der Waals surface area contributed by atoms with Gasteiger partial charge in [0.25, 0.3) is 11.8 Å². The van der Waals surface area contributed by atoms with E-state index in [1.807, 2.05) is 37.3 Å². The first-order valence-electron chi connectivity index (χ1n) is 12.9. The van der Waals surface area contributed by atoms with Crippen LogP contribution < -0.4 is 10.6 Å². The monoisotopic (exact) mass is 571 g/mol. The number of nitrogens with one attached hydrogen (secondary N) is 2. The van der Waals surface area contributed by atoms with Gasteiger partial charge in [-0.05, 0) is 55.1 Å². The van der Waals surface area contributed by atoms with Gasteiger partial charge in [0.05, 0.1) is 27.0 Å². The molecule has 2 N–H and O–H groups in total. The average molecular weight is 572 g/mol. The van der Waals surface area contributed by atoms with E-state index in [4.69, 9.17) is 0 Å². The number of benzene rings is 1. The molecule has 1 saturated heterocycles. The molecule has 0 radical (unpaired) electrons. The maximum Gasteiger partial charge on any atom is 0.276 e. The van der Waals surface area contributed by atoms with Crippen molar-refractivity contribution in [3.63, 3.8) is 0 Å². The molecular formula is C28H33N3O4S3. The summed E-state index contributed by atoms with van der Waals surface area (Å²) in [5.74, 6) is -0.151. The summed E-state index contributed by atoms with van der Waals surface area (Å²) in [4.78, 5) is 33.6. The molecule has 2 amide bonds. The van der Waals surface area contributed by atoms with Gasteiger partial charge in [0.15, 0.2) is 9.84 Å². The fourth-order valence-electron chi connectivity index (χ4n) is 5.35. The number of rotatable bonds is 5. The Morgan fingerprint density at radius 2 is 1.79 bits per heavy atom. The molecule has 2 aromatic heterocycles. The number of anilines is 1. The predicted molar refractivity (Wildman–Crippen MR) is 154 cm³/mol. The van der Waals surface area contributed by atoms with Crippen LogP contribution in [0.2, 0.25) is 0 Å². The molecule has 3 heterocycles. The number of sulfone groups is 1. The minimum absolute atomic E-state index is 0.0443. The van der Waals surface area contributed by atoms with Crippen LogP contribution in [-0.4, -0.2) is 42.8 Å². The van der Waals surface area contributed by atoms with Gasteiger partial charge >= 0.3 is 0 Å². The molecule has 2 atom stereocenters. The zero-order valence-corrected chi connectivity index (χ0v) is 24.5. The molecule has 0 bridgehead atoms. The summed E-state index contributed by atoms with van der Waals surface area (Å²) in [5.41, 5.74) is 2.84. The molecule has 10 heteroatoms. The second-order valence-corrected chi connectivity index (χ2v) is 15.9. The van der Waals surface area contributed by atoms with Crippen molar-refractivity contribution in [1.29, 1.82) is 0 Å². The Morgan fingerprint density at radius 3 is 2.45 bits per heavy atom. The summed E-state index contributed by atoms with van der Waals surface area (Å²) in [7, 11) is -3.13. The van der Waals surface area contributed by atoms with Gasteiger partial charge in [-0.1, -0.05) is 51.1 Å². The smallest absolute Gasteiger partial charge is 0.276 e. The van der Waals surface area contributed by atoms with Gasteiger partial charge in [-0.25, -0.2) is 13.4 Å². The molecule has 38 heavy (non-hydrogen) atoms. The van der Waals surface area contributed by atoms with Crippen LogP contribution in [0.4, 0.5) is 5.00 Å². The van der Waals surface area contributed by atoms with Crippen molar-refractivity contribution in [2.45, 2.75) is 59.4 Å². The van der Waals surface area contributed by atoms with E-state index in [2.05, 4.69) is 36.4 Å². The highest BCUT2D eigenvalue weighted by atomic mass is 32.2. The van der Waals surface area contributed by atoms with Gasteiger partial charge in [-0.3, -0.25) is 9.59 Å². The SMILES string of the molecule is Cc1nc(C(=O)Nc2sc3c(c2C(=O)NC2CCS(=O)(=O)C2)CCC(C(C)(C)C)C3)c(-c2ccccc2)s1. The Balaban J connectivity index is 1.48. The Morgan fingerprint density at radius 1 is 1.05 bits per heavy atom. The Hall–Kier alpha value is -2.56. The highest BCUT2D eigenvalue weighted by Crippen LogP contribution is 2.44. The quantitative estimate of drug-likeness (QED) is 0.421. The van der Waals surface area contributed by atoms with Crippen molar-refractivity contribution in [1.82, 2.24) is 10.3 Å². The number of thiazole rings is 1. The van der Waals surface area contributed by atoms with Gasteiger partial charge in [-0.15, -0.1) is 22.7 Å². The van der Waals surface area contributed by atoms with Gasteiger partial charge < -0.3 is 10.6 Å². The topological polar surface area (TPSA) is 105 Å². The highest BCUT2D eigenvalue weighted by molar-refractivity contribution is 7.91. The van der Waals surface area contributed by atoms with Crippen molar-refractivity contribution < 1.29 is 18.0 Å². The molecule has 5 rings (SSSR count). The van der Waals surface area contributed by atoms with E-state index in [0.717, 1.165) is 45.2 Å². The summed E-state index contributed by atoms with van der Waals surface area (Å²) in [6, 6.07) is 9.28. The minimum atomic E-state index is -3.13. The summed E-state index contributed by atoms with van der Waals surface area (Å²) in [5, 5.41) is 7.27. The standard InChI is InChI=1S/C28H33N3O4S3/c1-16-29-23(24(36-16)17-8-6-5-7-9-17)26(33)31-27-22(25(32)30-19-12-13-38(34,35)15-19)20-11-10-18(28(2,3)4)14-21(20)37-27/h5-9,18-19H,10-15H2,1-4H3,(H,30,32)(H,31,33). The fourth-order valence-corrected chi connectivity index (χ4v) is 9.26. The molecule has 0 saturated carbocycles. The van der Waals surface area contributed by atoms with Crippen LogP contribution in [0.5, 0.6) is 0 Å². The largest absolute Gasteiger partial charge is 0.348 e. The van der Waals surface area contributed by atoms with E-state index in [9.17, 15) is 18.0 Å². The Labute approximate surface area is 232 Å². The van der Waals surface area contributed by atoms with Gasteiger partial charge in [0.1, 0.15) is 10.7 Å². The summed E-state index contributed by atoms with van der Waals surface area (Å²) in [6.07, 6.45) is 2.97. The number of hydrogen-bond acceptors (Lipinski definition) is 7. The van der Waals surface area contributed by atoms with E-state index in [-0.39, 0.29) is 28.7 Å². The van der Waals surface area contributed by atoms with Crippen LogP contribution in [0.1, 0.15) is 69.9 Å². The molecule has 202 valence electrons. The zero-order chi connectivity index (χ0) is 27.2. The van der Waals surface area contributed by atoms with Gasteiger partial charge in [0.2, 0.25) is 0 Å². The van der Waals surface area contributed by atoms with Crippen LogP contribution in [0.15, 0.2) is 30.3 Å². The number of fused-ring (bicyclic) bond motifs is 1. The van der Waals surface area contributed by atoms with Crippen LogP contribution in [0.25, 0.3) is 10.4 Å². The molecule has 2 aliphatic rings. The summed E-state index contributed by atoms with van der Waals surface area (Å²) < 4.78 is 24.0. The molecular weight excluding hydrogens is 539 g/mol. The Bertz CT molecular complexity index is 1480. The lowest BCUT2D eigenvalue weighted by atomic mass is 9.72. The van der Waals surface area contributed by atoms with Crippen molar-refractivity contribution in [3.8, 4) is 10.4 Å². The molecule has 1 aromatic carbocycles. The van der Waals surface area contributed by atoms with E-state index in [0.29, 0.717) is 28.6 Å². The molecule has 3 aromatic rings. The lowest BCUT2D eigenvalue weighted by Gasteiger charge is -2.33. The number of amides is 2. The maximum atomic E-state index is 13.6. The van der Waals surface area contributed by atoms with Crippen molar-refractivity contribution in [3.05, 3.63) is 57.0 Å². The molecule has 0 spiro atoms. The summed E-state index contributed by atoms with van der Waals surface area (Å²) >= 11 is 2.93. The van der Waals surface area contributed by atoms with Crippen LogP contribution in [0.3, 0.4) is 0 Å². The molecule has 1 aliphatic heterocycles. The first kappa shape index (κ1) is 27.0. The second-order valence-electron chi connectivity index (χ2n) is 11.3. The lowest BCUT2D eigenvalue weighted by Crippen LogP contribution is -2.36. The number of carbonyl (C=O) groups is 2. The first-order chi connectivity index (χ1) is 17.9. The first-order valence-corrected chi connectivity index (χ1v) is 16.4. The minimum Gasteiger partial charge on any atom is -0.348 e. The molecule has 1 fully saturated rings. The van der Waals surface area contributed by atoms with E-state index < -0.39 is 15.9 Å². The van der Waals surface area contributed by atoms with Crippen LogP contribution >= 0.6 is 22.7 Å². The Kier molecular flexibility index (Phi) is 7.26. The van der Waals surface area contributed by atoms with E-state index in [1.165, 1.54) is 22.7 Å². The molecule has 7 nitrogen and oxygen atoms in total. The van der Waals surface area contributed by atoms with Crippen molar-refractivity contribution in [2.24, 2.45) is 11.3 Å². The normalized spacial score (nSPS) is 20.6. The third-order valence-corrected chi connectivity index (χ3v) is 11.5. The number of thiophene rings is 1. The predicted octanol–water partition coefficient (Wildman–Crippen LogP) is 5.50. The third kappa shape index (κ3) is 5.58. The number of carbonyl (C=O) groups excluding carboxylic acids is 2. The van der Waals surface area contributed by atoms with Crippen molar-refractivity contribution in [2.75, 3.05) is 16.8 Å². The van der Waals surface area contributed by atoms with Crippen LogP contribution in [0, 0.1) is 18.3 Å². The summed E-state index contributed by atoms with van der Waals surface area (Å²) in [6.45, 7) is 8.59. The number of hydrogen-bond donors (Lipinski definition) is 2. The zero-order valence-electron chi connectivity index (χ0n) is 22.1. The maximum absolute atomic E-state index is 13.6. The van der Waals surface area contributed by atoms with Gasteiger partial charge in [0, 0.05) is 10.9 Å². The fraction of sp³-hybridized carbons (Fsp3) is 0.464. The van der Waals surface area contributed by atoms with Gasteiger partial charge in [-0.2, -0.15) is 0 Å². The highest BCUT2D eigenvalue weighted by Gasteiger charge is 2.36. The van der Waals surface area contributed by atoms with Crippen LogP contribution in [-0.2, 0) is 22.7 Å². The third-order valence-electron chi connectivity index (χ3n) is 7.50. The number of aromatic nitrogens is 1. The second kappa shape index (κ2) is 10.2. The van der Waals surface area contributed by atoms with E-state index >= 15 is 0 Å². The molecule has 2 unspecified atom stereocenters. The average Bonchev–Trinajstić information content (AvgIpc) is 3.52. The number of aryl methyl sites for hydroxylation is 1. The lowest BCUT2D eigenvalue weighted by molar-refractivity contribution is 0.0941. The van der Waals surface area contributed by atoms with E-state index in [1.54, 1.807) is 0 Å². The van der Waals surface area contributed by atoms with Crippen molar-refractivity contribution >= 4 is 49.3 Å². The molecule has 1 aliphatic carbocycles.